The molecule has 1 heterocycles. The van der Waals surface area contributed by atoms with Crippen LogP contribution in [-0.4, -0.2) is 46.2 Å². The minimum atomic E-state index is -1.22. The molecule has 96 valence electrons. The Morgan fingerprint density at radius 1 is 1.35 bits per heavy atom. The van der Waals surface area contributed by atoms with Gasteiger partial charge < -0.3 is 24.8 Å². The molecule has 0 aromatic rings. The van der Waals surface area contributed by atoms with Crippen LogP contribution >= 0.6 is 0 Å². The Hall–Kier alpha value is -1.27. The van der Waals surface area contributed by atoms with Crippen molar-refractivity contribution in [2.45, 2.75) is 44.0 Å². The summed E-state index contributed by atoms with van der Waals surface area (Å²) in [6.07, 6.45) is 1.90. The van der Waals surface area contributed by atoms with Gasteiger partial charge in [0.2, 0.25) is 5.76 Å². The highest BCUT2D eigenvalue weighted by Gasteiger charge is 2.39. The maximum Gasteiger partial charge on any atom is 0.377 e. The van der Waals surface area contributed by atoms with E-state index in [-0.39, 0.29) is 12.7 Å². The Bertz CT molecular complexity index is 331. The van der Waals surface area contributed by atoms with Crippen molar-refractivity contribution < 1.29 is 29.6 Å². The predicted octanol–water partition coefficient (Wildman–Crippen LogP) is 0.559. The molecule has 0 unspecified atom stereocenters. The number of ether oxygens (including phenoxy) is 2. The van der Waals surface area contributed by atoms with Crippen molar-refractivity contribution in [1.29, 1.82) is 0 Å². The normalized spacial score (nSPS) is 27.6. The second kappa shape index (κ2) is 4.93. The number of cyclic esters (lactones) is 1. The lowest BCUT2D eigenvalue weighted by Crippen LogP contribution is -2.34. The lowest BCUT2D eigenvalue weighted by Gasteiger charge is -2.19. The summed E-state index contributed by atoms with van der Waals surface area (Å²) in [6, 6.07) is 0. The van der Waals surface area contributed by atoms with Crippen molar-refractivity contribution in [1.82, 2.24) is 0 Å². The van der Waals surface area contributed by atoms with Gasteiger partial charge in [0.1, 0.15) is 6.10 Å². The molecule has 17 heavy (non-hydrogen) atoms. The Morgan fingerprint density at radius 2 is 2.00 bits per heavy atom. The first-order valence-electron chi connectivity index (χ1n) is 5.72. The minimum absolute atomic E-state index is 0.0278. The zero-order chi connectivity index (χ0) is 12.4. The van der Waals surface area contributed by atoms with Gasteiger partial charge >= 0.3 is 5.97 Å². The first-order valence-corrected chi connectivity index (χ1v) is 5.72. The van der Waals surface area contributed by atoms with Gasteiger partial charge in [0.15, 0.2) is 11.9 Å². The summed E-state index contributed by atoms with van der Waals surface area (Å²) >= 11 is 0. The van der Waals surface area contributed by atoms with Crippen molar-refractivity contribution >= 4 is 5.97 Å². The predicted molar refractivity (Wildman–Crippen MR) is 56.4 cm³/mol. The Kier molecular flexibility index (Phi) is 3.54. The molecule has 1 aliphatic heterocycles. The number of carbonyl (C=O) groups excluding carboxylic acids is 1. The van der Waals surface area contributed by atoms with Crippen molar-refractivity contribution in [2.24, 2.45) is 0 Å². The molecule has 0 aromatic heterocycles. The molecule has 0 bridgehead atoms. The van der Waals surface area contributed by atoms with E-state index in [1.165, 1.54) is 0 Å². The summed E-state index contributed by atoms with van der Waals surface area (Å²) in [5, 5.41) is 28.1. The molecule has 2 aliphatic rings. The van der Waals surface area contributed by atoms with Gasteiger partial charge in [0.05, 0.1) is 12.7 Å². The quantitative estimate of drug-likeness (QED) is 0.625. The molecular weight excluding hydrogens is 228 g/mol. The first kappa shape index (κ1) is 12.2. The summed E-state index contributed by atoms with van der Waals surface area (Å²) < 4.78 is 10.1. The van der Waals surface area contributed by atoms with Crippen LogP contribution in [0.5, 0.6) is 0 Å². The van der Waals surface area contributed by atoms with Gasteiger partial charge in [-0.2, -0.15) is 0 Å². The molecule has 0 saturated heterocycles. The second-order valence-corrected chi connectivity index (χ2v) is 4.37. The average molecular weight is 244 g/mol. The van der Waals surface area contributed by atoms with Gasteiger partial charge in [-0.05, 0) is 12.8 Å². The van der Waals surface area contributed by atoms with Gasteiger partial charge in [-0.25, -0.2) is 4.79 Å². The molecule has 1 saturated carbocycles. The summed E-state index contributed by atoms with van der Waals surface area (Å²) in [5.41, 5.74) is 0. The van der Waals surface area contributed by atoms with Crippen LogP contribution in [0.2, 0.25) is 0 Å². The van der Waals surface area contributed by atoms with Gasteiger partial charge in [0, 0.05) is 0 Å². The fourth-order valence-corrected chi connectivity index (χ4v) is 2.10. The van der Waals surface area contributed by atoms with E-state index < -0.39 is 29.7 Å². The van der Waals surface area contributed by atoms with Crippen molar-refractivity contribution in [3.05, 3.63) is 11.5 Å². The molecule has 1 fully saturated rings. The molecule has 3 N–H and O–H groups in total. The molecule has 0 radical (unpaired) electrons. The largest absolute Gasteiger partial charge is 0.505 e. The molecule has 2 rings (SSSR count). The maximum atomic E-state index is 10.9. The smallest absolute Gasteiger partial charge is 0.377 e. The standard InChI is InChI=1S/C11H16O6/c12-7(5-16-6-3-1-2-4-6)10-8(13)9(14)11(15)17-10/h6-7,10,12-14H,1-5H2/t7-,10+/m0/s1. The van der Waals surface area contributed by atoms with E-state index in [0.717, 1.165) is 25.7 Å². The highest BCUT2D eigenvalue weighted by Crippen LogP contribution is 2.24. The number of carbonyl (C=O) groups is 1. The van der Waals surface area contributed by atoms with E-state index in [0.29, 0.717) is 0 Å². The van der Waals surface area contributed by atoms with E-state index >= 15 is 0 Å². The lowest BCUT2D eigenvalue weighted by atomic mass is 10.2. The zero-order valence-electron chi connectivity index (χ0n) is 9.33. The molecule has 2 atom stereocenters. The molecule has 0 spiro atoms. The Labute approximate surface area is 98.5 Å². The minimum Gasteiger partial charge on any atom is -0.505 e. The summed E-state index contributed by atoms with van der Waals surface area (Å²) in [4.78, 5) is 10.9. The van der Waals surface area contributed by atoms with Gasteiger partial charge in [-0.3, -0.25) is 0 Å². The van der Waals surface area contributed by atoms with E-state index in [9.17, 15) is 15.0 Å². The van der Waals surface area contributed by atoms with E-state index in [2.05, 4.69) is 4.74 Å². The third-order valence-corrected chi connectivity index (χ3v) is 3.09. The van der Waals surface area contributed by atoms with Crippen LogP contribution in [0.3, 0.4) is 0 Å². The van der Waals surface area contributed by atoms with Crippen LogP contribution in [0.15, 0.2) is 11.5 Å². The summed E-state index contributed by atoms with van der Waals surface area (Å²) in [5.74, 6) is -2.49. The Balaban J connectivity index is 1.84. The SMILES string of the molecule is O=C1O[C@H]([C@@H](O)COC2CCCC2)C(O)=C1O. The first-order chi connectivity index (χ1) is 8.09. The summed E-state index contributed by atoms with van der Waals surface area (Å²) in [6.45, 7) is -0.0278. The number of aliphatic hydroxyl groups excluding tert-OH is 3. The van der Waals surface area contributed by atoms with E-state index in [4.69, 9.17) is 9.84 Å². The van der Waals surface area contributed by atoms with Crippen LogP contribution in [0.25, 0.3) is 0 Å². The molecular formula is C11H16O6. The zero-order valence-corrected chi connectivity index (χ0v) is 9.33. The number of esters is 1. The third kappa shape index (κ3) is 2.53. The number of hydrogen-bond donors (Lipinski definition) is 3. The number of rotatable bonds is 4. The van der Waals surface area contributed by atoms with Crippen LogP contribution in [0.1, 0.15) is 25.7 Å². The van der Waals surface area contributed by atoms with Crippen LogP contribution in [-0.2, 0) is 14.3 Å². The molecule has 6 nitrogen and oxygen atoms in total. The van der Waals surface area contributed by atoms with Crippen molar-refractivity contribution in [2.75, 3.05) is 6.61 Å². The van der Waals surface area contributed by atoms with Crippen LogP contribution < -0.4 is 0 Å². The highest BCUT2D eigenvalue weighted by atomic mass is 16.6. The molecule has 1 aliphatic carbocycles. The maximum absolute atomic E-state index is 10.9. The average Bonchev–Trinajstić information content (AvgIpc) is 2.91. The van der Waals surface area contributed by atoms with Crippen LogP contribution in [0, 0.1) is 0 Å². The number of aliphatic hydroxyl groups is 3. The number of hydrogen-bond acceptors (Lipinski definition) is 6. The summed E-state index contributed by atoms with van der Waals surface area (Å²) in [7, 11) is 0. The topological polar surface area (TPSA) is 96.2 Å². The molecule has 0 aromatic carbocycles. The van der Waals surface area contributed by atoms with Crippen LogP contribution in [0.4, 0.5) is 0 Å². The van der Waals surface area contributed by atoms with E-state index in [1.54, 1.807) is 0 Å². The third-order valence-electron chi connectivity index (χ3n) is 3.09. The van der Waals surface area contributed by atoms with Gasteiger partial charge in [0.25, 0.3) is 0 Å². The molecule has 0 amide bonds. The van der Waals surface area contributed by atoms with Crippen molar-refractivity contribution in [3.63, 3.8) is 0 Å². The Morgan fingerprint density at radius 3 is 2.53 bits per heavy atom. The second-order valence-electron chi connectivity index (χ2n) is 4.37. The monoisotopic (exact) mass is 244 g/mol. The lowest BCUT2D eigenvalue weighted by molar-refractivity contribution is -0.149. The molecule has 6 heteroatoms. The van der Waals surface area contributed by atoms with Gasteiger partial charge in [-0.1, -0.05) is 12.8 Å². The van der Waals surface area contributed by atoms with Crippen molar-refractivity contribution in [3.8, 4) is 0 Å². The van der Waals surface area contributed by atoms with E-state index in [1.807, 2.05) is 0 Å². The highest BCUT2D eigenvalue weighted by molar-refractivity contribution is 5.89. The fraction of sp³-hybridized carbons (Fsp3) is 0.727. The van der Waals surface area contributed by atoms with Gasteiger partial charge in [-0.15, -0.1) is 0 Å². The fourth-order valence-electron chi connectivity index (χ4n) is 2.10.